The van der Waals surface area contributed by atoms with E-state index >= 15 is 0 Å². The van der Waals surface area contributed by atoms with Crippen LogP contribution in [0, 0.1) is 0 Å². The molecule has 4 aromatic rings. The number of hydrogen-bond donors (Lipinski definition) is 2. The van der Waals surface area contributed by atoms with Gasteiger partial charge < -0.3 is 24.5 Å². The summed E-state index contributed by atoms with van der Waals surface area (Å²) in [6.45, 7) is 0.282. The second kappa shape index (κ2) is 8.53. The zero-order valence-electron chi connectivity index (χ0n) is 16.9. The molecule has 0 bridgehead atoms. The van der Waals surface area contributed by atoms with Gasteiger partial charge in [0.15, 0.2) is 17.2 Å². The Morgan fingerprint density at radius 2 is 1.81 bits per heavy atom. The molecule has 2 aromatic heterocycles. The number of aromatic hydroxyl groups is 1. The van der Waals surface area contributed by atoms with Gasteiger partial charge in [0.1, 0.15) is 5.56 Å². The van der Waals surface area contributed by atoms with E-state index in [9.17, 15) is 14.7 Å². The maximum atomic E-state index is 13.3. The van der Waals surface area contributed by atoms with Crippen molar-refractivity contribution in [2.24, 2.45) is 0 Å². The minimum atomic E-state index is -0.702. The third-order valence-electron chi connectivity index (χ3n) is 4.90. The highest BCUT2D eigenvalue weighted by Gasteiger charge is 2.23. The highest BCUT2D eigenvalue weighted by atomic mass is 32.1. The molecule has 0 atom stereocenters. The van der Waals surface area contributed by atoms with Crippen molar-refractivity contribution < 1.29 is 19.4 Å². The van der Waals surface area contributed by atoms with Crippen molar-refractivity contribution >= 4 is 33.1 Å². The number of carbonyl (C=O) groups is 1. The normalized spacial score (nSPS) is 10.8. The number of nitrogens with zero attached hydrogens (tertiary/aromatic N) is 1. The maximum absolute atomic E-state index is 13.3. The Kier molecular flexibility index (Phi) is 5.64. The predicted molar refractivity (Wildman–Crippen MR) is 121 cm³/mol. The van der Waals surface area contributed by atoms with E-state index in [0.717, 1.165) is 5.56 Å². The lowest BCUT2D eigenvalue weighted by atomic mass is 10.1. The van der Waals surface area contributed by atoms with Crippen molar-refractivity contribution in [3.8, 4) is 17.2 Å². The number of nitrogens with one attached hydrogen (secondary N) is 1. The molecule has 31 heavy (non-hydrogen) atoms. The SMILES string of the molecule is COc1ccc(NC(=O)c2c(O)c3sccc3n(Cc3ccccc3)c2=O)cc1OC. The quantitative estimate of drug-likeness (QED) is 0.475. The van der Waals surface area contributed by atoms with Crippen molar-refractivity contribution in [3.05, 3.63) is 81.5 Å². The van der Waals surface area contributed by atoms with Gasteiger partial charge in [0, 0.05) is 11.8 Å². The molecule has 0 unspecified atom stereocenters. The number of rotatable bonds is 6. The van der Waals surface area contributed by atoms with Crippen LogP contribution in [0.2, 0.25) is 0 Å². The van der Waals surface area contributed by atoms with Gasteiger partial charge in [-0.15, -0.1) is 11.3 Å². The fraction of sp³-hybridized carbons (Fsp3) is 0.130. The average molecular weight is 436 g/mol. The lowest BCUT2D eigenvalue weighted by Gasteiger charge is -2.14. The molecule has 7 nitrogen and oxygen atoms in total. The number of aromatic nitrogens is 1. The number of fused-ring (bicyclic) bond motifs is 1. The van der Waals surface area contributed by atoms with Crippen LogP contribution in [0.3, 0.4) is 0 Å². The molecule has 2 aromatic carbocycles. The molecule has 1 amide bonds. The second-order valence-corrected chi connectivity index (χ2v) is 7.68. The topological polar surface area (TPSA) is 89.8 Å². The van der Waals surface area contributed by atoms with Crippen LogP contribution >= 0.6 is 11.3 Å². The van der Waals surface area contributed by atoms with Crippen LogP contribution in [0.25, 0.3) is 10.2 Å². The molecule has 0 aliphatic rings. The van der Waals surface area contributed by atoms with E-state index in [-0.39, 0.29) is 17.9 Å². The van der Waals surface area contributed by atoms with Gasteiger partial charge in [0.05, 0.1) is 31.0 Å². The molecule has 0 aliphatic carbocycles. The van der Waals surface area contributed by atoms with E-state index in [2.05, 4.69) is 5.32 Å². The van der Waals surface area contributed by atoms with Crippen LogP contribution in [0.5, 0.6) is 17.2 Å². The van der Waals surface area contributed by atoms with Crippen LogP contribution in [0.1, 0.15) is 15.9 Å². The Bertz CT molecular complexity index is 1310. The van der Waals surface area contributed by atoms with E-state index in [1.807, 2.05) is 30.3 Å². The zero-order chi connectivity index (χ0) is 22.0. The number of methoxy groups -OCH3 is 2. The highest BCUT2D eigenvalue weighted by molar-refractivity contribution is 7.17. The Balaban J connectivity index is 1.77. The molecule has 0 radical (unpaired) electrons. The smallest absolute Gasteiger partial charge is 0.268 e. The van der Waals surface area contributed by atoms with Crippen molar-refractivity contribution in [3.63, 3.8) is 0 Å². The zero-order valence-corrected chi connectivity index (χ0v) is 17.7. The molecule has 0 saturated heterocycles. The van der Waals surface area contributed by atoms with Crippen LogP contribution in [0.15, 0.2) is 64.8 Å². The largest absolute Gasteiger partial charge is 0.505 e. The minimum absolute atomic E-state index is 0.282. The number of pyridine rings is 1. The van der Waals surface area contributed by atoms with Crippen molar-refractivity contribution in [1.82, 2.24) is 4.57 Å². The number of hydrogen-bond acceptors (Lipinski definition) is 6. The summed E-state index contributed by atoms with van der Waals surface area (Å²) in [5.41, 5.74) is 1.03. The van der Waals surface area contributed by atoms with E-state index in [4.69, 9.17) is 9.47 Å². The molecule has 0 spiro atoms. The summed E-state index contributed by atoms with van der Waals surface area (Å²) in [4.78, 5) is 26.3. The number of ether oxygens (including phenoxy) is 2. The number of thiophene rings is 1. The third-order valence-corrected chi connectivity index (χ3v) is 5.81. The first-order chi connectivity index (χ1) is 15.0. The molecule has 2 N–H and O–H groups in total. The van der Waals surface area contributed by atoms with Gasteiger partial charge >= 0.3 is 0 Å². The Morgan fingerprint density at radius 1 is 1.06 bits per heavy atom. The molecular weight excluding hydrogens is 416 g/mol. The van der Waals surface area contributed by atoms with Gasteiger partial charge in [-0.05, 0) is 29.1 Å². The molecular formula is C23H20N2O5S. The Morgan fingerprint density at radius 3 is 2.52 bits per heavy atom. The van der Waals surface area contributed by atoms with E-state index in [0.29, 0.717) is 27.4 Å². The maximum Gasteiger partial charge on any atom is 0.268 e. The van der Waals surface area contributed by atoms with Crippen LogP contribution in [-0.4, -0.2) is 29.8 Å². The van der Waals surface area contributed by atoms with Gasteiger partial charge in [-0.2, -0.15) is 0 Å². The van der Waals surface area contributed by atoms with Crippen LogP contribution in [0.4, 0.5) is 5.69 Å². The summed E-state index contributed by atoms with van der Waals surface area (Å²) < 4.78 is 12.4. The molecule has 0 aliphatic heterocycles. The lowest BCUT2D eigenvalue weighted by Crippen LogP contribution is -2.29. The van der Waals surface area contributed by atoms with Gasteiger partial charge in [-0.1, -0.05) is 30.3 Å². The molecule has 2 heterocycles. The second-order valence-electron chi connectivity index (χ2n) is 6.76. The summed E-state index contributed by atoms with van der Waals surface area (Å²) in [5.74, 6) is -0.0857. The number of amides is 1. The molecule has 0 fully saturated rings. The van der Waals surface area contributed by atoms with Gasteiger partial charge in [0.2, 0.25) is 0 Å². The fourth-order valence-corrected chi connectivity index (χ4v) is 4.23. The third kappa shape index (κ3) is 3.85. The summed E-state index contributed by atoms with van der Waals surface area (Å²) in [6, 6.07) is 16.1. The van der Waals surface area contributed by atoms with Gasteiger partial charge in [-0.3, -0.25) is 9.59 Å². The van der Waals surface area contributed by atoms with E-state index in [1.54, 1.807) is 29.6 Å². The standard InChI is InChI=1S/C23H20N2O5S/c1-29-17-9-8-15(12-18(17)30-2)24-22(27)19-20(26)21-16(10-11-31-21)25(23(19)28)13-14-6-4-3-5-7-14/h3-12,26H,13H2,1-2H3,(H,24,27). The minimum Gasteiger partial charge on any atom is -0.505 e. The monoisotopic (exact) mass is 436 g/mol. The first-order valence-electron chi connectivity index (χ1n) is 9.43. The molecule has 0 saturated carbocycles. The van der Waals surface area contributed by atoms with Gasteiger partial charge in [0.25, 0.3) is 11.5 Å². The highest BCUT2D eigenvalue weighted by Crippen LogP contribution is 2.33. The molecule has 8 heteroatoms. The number of benzene rings is 2. The summed E-state index contributed by atoms with van der Waals surface area (Å²) in [6.07, 6.45) is 0. The van der Waals surface area contributed by atoms with Crippen LogP contribution < -0.4 is 20.3 Å². The van der Waals surface area contributed by atoms with Crippen molar-refractivity contribution in [2.45, 2.75) is 6.54 Å². The lowest BCUT2D eigenvalue weighted by molar-refractivity contribution is 0.102. The Labute approximate surface area is 182 Å². The summed E-state index contributed by atoms with van der Waals surface area (Å²) in [5, 5.41) is 15.2. The first-order valence-corrected chi connectivity index (χ1v) is 10.3. The van der Waals surface area contributed by atoms with Crippen molar-refractivity contribution in [2.75, 3.05) is 19.5 Å². The fourth-order valence-electron chi connectivity index (χ4n) is 3.39. The number of anilines is 1. The summed E-state index contributed by atoms with van der Waals surface area (Å²) in [7, 11) is 3.00. The van der Waals surface area contributed by atoms with Crippen molar-refractivity contribution in [1.29, 1.82) is 0 Å². The first kappa shape index (κ1) is 20.5. The average Bonchev–Trinajstić information content (AvgIpc) is 3.27. The predicted octanol–water partition coefficient (Wildman–Crippen LogP) is 4.09. The van der Waals surface area contributed by atoms with E-state index in [1.165, 1.54) is 30.1 Å². The van der Waals surface area contributed by atoms with Gasteiger partial charge in [-0.25, -0.2) is 0 Å². The number of carbonyl (C=O) groups excluding carboxylic acids is 1. The van der Waals surface area contributed by atoms with Crippen LogP contribution in [-0.2, 0) is 6.54 Å². The Hall–Kier alpha value is -3.78. The molecule has 158 valence electrons. The summed E-state index contributed by atoms with van der Waals surface area (Å²) >= 11 is 1.27. The van der Waals surface area contributed by atoms with E-state index < -0.39 is 11.5 Å². The molecule has 4 rings (SSSR count).